The summed E-state index contributed by atoms with van der Waals surface area (Å²) in [5, 5.41) is 28.0. The van der Waals surface area contributed by atoms with Gasteiger partial charge in [-0.2, -0.15) is 15.5 Å². The highest BCUT2D eigenvalue weighted by Crippen LogP contribution is 2.32. The zero-order valence-electron chi connectivity index (χ0n) is 22.2. The third kappa shape index (κ3) is 5.26. The van der Waals surface area contributed by atoms with Crippen LogP contribution in [0.4, 0.5) is 5.82 Å². The van der Waals surface area contributed by atoms with Crippen LogP contribution in [0.25, 0.3) is 27.8 Å². The average Bonchev–Trinajstić information content (AvgIpc) is 3.63. The number of hydrogen-bond donors (Lipinski definition) is 1. The van der Waals surface area contributed by atoms with Gasteiger partial charge >= 0.3 is 0 Å². The van der Waals surface area contributed by atoms with Crippen LogP contribution >= 0.6 is 0 Å². The summed E-state index contributed by atoms with van der Waals surface area (Å²) in [6.07, 6.45) is 10.7. The summed E-state index contributed by atoms with van der Waals surface area (Å²) < 4.78 is 3.55. The van der Waals surface area contributed by atoms with Crippen LogP contribution in [0.2, 0.25) is 0 Å². The molecule has 2 atom stereocenters. The number of aliphatic hydroxyl groups excluding tert-OH is 1. The number of carbonyl (C=O) groups excluding carboxylic acids is 1. The quantitative estimate of drug-likeness (QED) is 0.352. The SMILES string of the molecule is C=CC(C)C(=O)N1CCN(c2ccc(-c3cc(-c4cnn(CC(C)CO)c4)cn4ncc(C#N)c34)cn2)CC1. The van der Waals surface area contributed by atoms with Gasteiger partial charge in [0.2, 0.25) is 5.91 Å². The maximum Gasteiger partial charge on any atom is 0.229 e. The van der Waals surface area contributed by atoms with Crippen molar-refractivity contribution in [1.82, 2.24) is 29.3 Å². The number of nitrogens with zero attached hydrogens (tertiary/aromatic N) is 8. The second-order valence-corrected chi connectivity index (χ2v) is 10.1. The first-order valence-corrected chi connectivity index (χ1v) is 13.1. The number of nitriles is 1. The highest BCUT2D eigenvalue weighted by Gasteiger charge is 2.24. The first-order chi connectivity index (χ1) is 18.9. The van der Waals surface area contributed by atoms with E-state index in [1.54, 1.807) is 23.0 Å². The Balaban J connectivity index is 1.42. The van der Waals surface area contributed by atoms with Gasteiger partial charge in [0.15, 0.2) is 0 Å². The average molecular weight is 525 g/mol. The third-order valence-electron chi connectivity index (χ3n) is 7.23. The van der Waals surface area contributed by atoms with E-state index in [2.05, 4.69) is 27.7 Å². The maximum absolute atomic E-state index is 12.5. The molecule has 2 unspecified atom stereocenters. The van der Waals surface area contributed by atoms with E-state index >= 15 is 0 Å². The normalized spacial score (nSPS) is 15.2. The second-order valence-electron chi connectivity index (χ2n) is 10.1. The van der Waals surface area contributed by atoms with Crippen molar-refractivity contribution in [2.45, 2.75) is 20.4 Å². The number of aromatic nitrogens is 5. The van der Waals surface area contributed by atoms with Gasteiger partial charge in [-0.1, -0.05) is 19.9 Å². The molecule has 4 aromatic heterocycles. The molecule has 4 aromatic rings. The lowest BCUT2D eigenvalue weighted by atomic mass is 10.0. The lowest BCUT2D eigenvalue weighted by molar-refractivity contribution is -0.133. The fourth-order valence-corrected chi connectivity index (χ4v) is 4.85. The first kappa shape index (κ1) is 26.1. The fraction of sp³-hybridized carbons (Fsp3) is 0.345. The van der Waals surface area contributed by atoms with Gasteiger partial charge in [-0.3, -0.25) is 9.48 Å². The lowest BCUT2D eigenvalue weighted by Gasteiger charge is -2.36. The molecule has 5 rings (SSSR count). The summed E-state index contributed by atoms with van der Waals surface area (Å²) in [6, 6.07) is 8.29. The molecule has 0 bridgehead atoms. The Kier molecular flexibility index (Phi) is 7.43. The monoisotopic (exact) mass is 524 g/mol. The van der Waals surface area contributed by atoms with Crippen molar-refractivity contribution in [1.29, 1.82) is 5.26 Å². The molecule has 0 aliphatic carbocycles. The molecule has 1 fully saturated rings. The van der Waals surface area contributed by atoms with Crippen molar-refractivity contribution in [3.63, 3.8) is 0 Å². The molecule has 1 amide bonds. The predicted molar refractivity (Wildman–Crippen MR) is 149 cm³/mol. The van der Waals surface area contributed by atoms with Gasteiger partial charge in [0.25, 0.3) is 0 Å². The fourth-order valence-electron chi connectivity index (χ4n) is 4.85. The Bertz CT molecular complexity index is 1520. The number of amides is 1. The molecule has 39 heavy (non-hydrogen) atoms. The predicted octanol–water partition coefficient (Wildman–Crippen LogP) is 3.23. The molecule has 0 saturated carbocycles. The number of rotatable bonds is 8. The molecule has 10 heteroatoms. The first-order valence-electron chi connectivity index (χ1n) is 13.1. The number of fused-ring (bicyclic) bond motifs is 1. The molecule has 5 heterocycles. The minimum atomic E-state index is -0.179. The van der Waals surface area contributed by atoms with E-state index in [9.17, 15) is 15.2 Å². The minimum Gasteiger partial charge on any atom is -0.396 e. The molecular formula is C29H32N8O2. The van der Waals surface area contributed by atoms with Gasteiger partial charge in [0, 0.05) is 80.2 Å². The standard InChI is InChI=1S/C29H32N8O2/c1-4-21(3)29(39)35-9-7-34(8-10-35)27-6-5-22(13-31-27)26-11-23(18-37-28(26)24(12-30)14-33-37)25-15-32-36(17-25)16-20(2)19-38/h4-6,11,13-15,17-18,20-21,38H,1,7-10,16,19H2,2-3H3. The van der Waals surface area contributed by atoms with E-state index in [0.717, 1.165) is 33.6 Å². The van der Waals surface area contributed by atoms with Crippen molar-refractivity contribution in [2.75, 3.05) is 37.7 Å². The van der Waals surface area contributed by atoms with Gasteiger partial charge in [0.05, 0.1) is 29.4 Å². The van der Waals surface area contributed by atoms with Gasteiger partial charge in [0.1, 0.15) is 11.9 Å². The molecule has 1 aliphatic heterocycles. The highest BCUT2D eigenvalue weighted by atomic mass is 16.3. The number of anilines is 1. The number of aliphatic hydroxyl groups is 1. The largest absolute Gasteiger partial charge is 0.396 e. The van der Waals surface area contributed by atoms with Crippen LogP contribution < -0.4 is 4.90 Å². The maximum atomic E-state index is 12.5. The van der Waals surface area contributed by atoms with Crippen LogP contribution in [0.15, 0.2) is 61.8 Å². The van der Waals surface area contributed by atoms with Crippen molar-refractivity contribution < 1.29 is 9.90 Å². The van der Waals surface area contributed by atoms with Gasteiger partial charge in [-0.15, -0.1) is 6.58 Å². The van der Waals surface area contributed by atoms with Crippen LogP contribution in [-0.2, 0) is 11.3 Å². The van der Waals surface area contributed by atoms with E-state index < -0.39 is 0 Å². The van der Waals surface area contributed by atoms with E-state index in [-0.39, 0.29) is 24.3 Å². The summed E-state index contributed by atoms with van der Waals surface area (Å²) in [4.78, 5) is 21.3. The number of hydrogen-bond acceptors (Lipinski definition) is 7. The number of pyridine rings is 2. The molecular weight excluding hydrogens is 492 g/mol. The Hall–Kier alpha value is -4.49. The van der Waals surface area contributed by atoms with Crippen molar-refractivity contribution >= 4 is 17.2 Å². The molecule has 10 nitrogen and oxygen atoms in total. The Morgan fingerprint density at radius 3 is 2.56 bits per heavy atom. The van der Waals surface area contributed by atoms with Gasteiger partial charge in [-0.05, 0) is 24.1 Å². The van der Waals surface area contributed by atoms with Gasteiger partial charge < -0.3 is 14.9 Å². The third-order valence-corrected chi connectivity index (χ3v) is 7.23. The molecule has 200 valence electrons. The molecule has 0 aromatic carbocycles. The number of carbonyl (C=O) groups is 1. The van der Waals surface area contributed by atoms with E-state index in [0.29, 0.717) is 38.3 Å². The molecule has 0 radical (unpaired) electrons. The minimum absolute atomic E-state index is 0.0981. The Morgan fingerprint density at radius 2 is 1.90 bits per heavy atom. The van der Waals surface area contributed by atoms with Crippen molar-refractivity contribution in [3.05, 3.63) is 67.4 Å². The van der Waals surface area contributed by atoms with Crippen molar-refractivity contribution in [3.8, 4) is 28.3 Å². The summed E-state index contributed by atoms with van der Waals surface area (Å²) in [6.45, 7) is 11.0. The summed E-state index contributed by atoms with van der Waals surface area (Å²) in [5.74, 6) is 0.883. The van der Waals surface area contributed by atoms with Crippen LogP contribution in [0, 0.1) is 23.2 Å². The smallest absolute Gasteiger partial charge is 0.229 e. The molecule has 1 N–H and O–H groups in total. The molecule has 1 saturated heterocycles. The topological polar surface area (TPSA) is 116 Å². The van der Waals surface area contributed by atoms with Crippen molar-refractivity contribution in [2.24, 2.45) is 11.8 Å². The molecule has 0 spiro atoms. The summed E-state index contributed by atoms with van der Waals surface area (Å²) >= 11 is 0. The Morgan fingerprint density at radius 1 is 1.10 bits per heavy atom. The van der Waals surface area contributed by atoms with Crippen LogP contribution in [0.1, 0.15) is 19.4 Å². The highest BCUT2D eigenvalue weighted by molar-refractivity contribution is 5.87. The van der Waals surface area contributed by atoms with E-state index in [1.807, 2.05) is 60.2 Å². The summed E-state index contributed by atoms with van der Waals surface area (Å²) in [5.41, 5.74) is 4.76. The zero-order valence-corrected chi connectivity index (χ0v) is 22.2. The molecule has 1 aliphatic rings. The van der Waals surface area contributed by atoms with E-state index in [1.165, 1.54) is 0 Å². The Labute approximate surface area is 227 Å². The van der Waals surface area contributed by atoms with Crippen LogP contribution in [0.3, 0.4) is 0 Å². The number of piperazine rings is 1. The zero-order chi connectivity index (χ0) is 27.5. The van der Waals surface area contributed by atoms with E-state index in [4.69, 9.17) is 4.98 Å². The van der Waals surface area contributed by atoms with Crippen LogP contribution in [0.5, 0.6) is 0 Å². The lowest BCUT2D eigenvalue weighted by Crippen LogP contribution is -2.50. The summed E-state index contributed by atoms with van der Waals surface area (Å²) in [7, 11) is 0. The second kappa shape index (κ2) is 11.1. The van der Waals surface area contributed by atoms with Gasteiger partial charge in [-0.25, -0.2) is 9.50 Å². The van der Waals surface area contributed by atoms with Crippen LogP contribution in [-0.4, -0.2) is 73.1 Å².